The van der Waals surface area contributed by atoms with Gasteiger partial charge in [-0.05, 0) is 62.4 Å². The summed E-state index contributed by atoms with van der Waals surface area (Å²) in [6.07, 6.45) is 5.50. The van der Waals surface area contributed by atoms with Crippen LogP contribution in [-0.4, -0.2) is 30.6 Å². The average Bonchev–Trinajstić information content (AvgIpc) is 3.23. The van der Waals surface area contributed by atoms with Crippen molar-refractivity contribution >= 4 is 28.3 Å². The van der Waals surface area contributed by atoms with Gasteiger partial charge in [0.25, 0.3) is 0 Å². The minimum atomic E-state index is 0. The van der Waals surface area contributed by atoms with Crippen molar-refractivity contribution in [1.82, 2.24) is 10.2 Å². The molecule has 20 heavy (non-hydrogen) atoms. The van der Waals surface area contributed by atoms with Crippen LogP contribution in [0.3, 0.4) is 0 Å². The van der Waals surface area contributed by atoms with Gasteiger partial charge in [0, 0.05) is 23.6 Å². The molecule has 1 aliphatic carbocycles. The van der Waals surface area contributed by atoms with Crippen LogP contribution in [0.25, 0.3) is 0 Å². The highest BCUT2D eigenvalue weighted by Gasteiger charge is 2.30. The van der Waals surface area contributed by atoms with Gasteiger partial charge in [-0.3, -0.25) is 4.90 Å². The number of piperidine rings is 1. The summed E-state index contributed by atoms with van der Waals surface area (Å²) >= 11 is 3.58. The zero-order valence-electron chi connectivity index (χ0n) is 11.9. The van der Waals surface area contributed by atoms with E-state index in [1.54, 1.807) is 0 Å². The summed E-state index contributed by atoms with van der Waals surface area (Å²) in [4.78, 5) is 2.72. The normalized spacial score (nSPS) is 19.9. The van der Waals surface area contributed by atoms with Gasteiger partial charge < -0.3 is 5.32 Å². The Hall–Kier alpha value is -0.0900. The van der Waals surface area contributed by atoms with E-state index >= 15 is 0 Å². The Morgan fingerprint density at radius 2 is 1.90 bits per heavy atom. The maximum absolute atomic E-state index is 3.58. The first-order valence-corrected chi connectivity index (χ1v) is 8.30. The van der Waals surface area contributed by atoms with Crippen LogP contribution in [0.15, 0.2) is 28.7 Å². The Bertz CT molecular complexity index is 417. The molecule has 0 unspecified atom stereocenters. The summed E-state index contributed by atoms with van der Waals surface area (Å²) in [6, 6.07) is 9.63. The molecule has 1 aliphatic heterocycles. The van der Waals surface area contributed by atoms with Crippen molar-refractivity contribution in [2.24, 2.45) is 5.92 Å². The van der Waals surface area contributed by atoms with Gasteiger partial charge in [0.15, 0.2) is 0 Å². The molecule has 2 aliphatic rings. The standard InChI is InChI=1S/C16H23BrN2.ClH/c17-15-3-1-2-14(10-15)12-19(16-4-5-16)11-13-6-8-18-9-7-13;/h1-3,10,13,16,18H,4-9,11-12H2;1H. The number of nitrogens with zero attached hydrogens (tertiary/aromatic N) is 1. The predicted octanol–water partition coefficient (Wildman–Crippen LogP) is 3.83. The van der Waals surface area contributed by atoms with Crippen LogP contribution in [0.5, 0.6) is 0 Å². The summed E-state index contributed by atoms with van der Waals surface area (Å²) in [5.74, 6) is 0.897. The highest BCUT2D eigenvalue weighted by Crippen LogP contribution is 2.30. The zero-order valence-corrected chi connectivity index (χ0v) is 14.3. The number of rotatable bonds is 5. The van der Waals surface area contributed by atoms with E-state index in [0.29, 0.717) is 0 Å². The third-order valence-corrected chi connectivity index (χ3v) is 4.78. The second kappa shape index (κ2) is 7.79. The van der Waals surface area contributed by atoms with E-state index in [9.17, 15) is 0 Å². The van der Waals surface area contributed by atoms with Gasteiger partial charge in [0.05, 0.1) is 0 Å². The number of hydrogen-bond donors (Lipinski definition) is 1. The molecule has 0 aromatic heterocycles. The fourth-order valence-electron chi connectivity index (χ4n) is 3.05. The van der Waals surface area contributed by atoms with Gasteiger partial charge in [0.2, 0.25) is 0 Å². The molecule has 2 fully saturated rings. The summed E-state index contributed by atoms with van der Waals surface area (Å²) in [5, 5.41) is 3.47. The molecule has 1 aromatic rings. The van der Waals surface area contributed by atoms with Crippen molar-refractivity contribution in [3.63, 3.8) is 0 Å². The number of hydrogen-bond acceptors (Lipinski definition) is 2. The Morgan fingerprint density at radius 1 is 1.15 bits per heavy atom. The molecule has 112 valence electrons. The lowest BCUT2D eigenvalue weighted by Gasteiger charge is -2.30. The molecule has 3 rings (SSSR count). The largest absolute Gasteiger partial charge is 0.317 e. The molecular weight excluding hydrogens is 336 g/mol. The average molecular weight is 360 g/mol. The molecule has 1 N–H and O–H groups in total. The lowest BCUT2D eigenvalue weighted by molar-refractivity contribution is 0.190. The van der Waals surface area contributed by atoms with E-state index in [1.165, 1.54) is 55.4 Å². The maximum Gasteiger partial charge on any atom is 0.0237 e. The van der Waals surface area contributed by atoms with E-state index in [4.69, 9.17) is 0 Å². The Morgan fingerprint density at radius 3 is 2.55 bits per heavy atom. The summed E-state index contributed by atoms with van der Waals surface area (Å²) in [7, 11) is 0. The number of nitrogens with one attached hydrogen (secondary N) is 1. The predicted molar refractivity (Wildman–Crippen MR) is 90.4 cm³/mol. The van der Waals surface area contributed by atoms with E-state index in [1.807, 2.05) is 0 Å². The highest BCUT2D eigenvalue weighted by atomic mass is 79.9. The van der Waals surface area contributed by atoms with Crippen molar-refractivity contribution in [3.05, 3.63) is 34.3 Å². The quantitative estimate of drug-likeness (QED) is 0.859. The molecule has 0 radical (unpaired) electrons. The summed E-state index contributed by atoms with van der Waals surface area (Å²) < 4.78 is 1.20. The zero-order chi connectivity index (χ0) is 13.1. The molecule has 1 saturated heterocycles. The van der Waals surface area contributed by atoms with Crippen molar-refractivity contribution in [3.8, 4) is 0 Å². The van der Waals surface area contributed by atoms with Crippen molar-refractivity contribution in [2.45, 2.75) is 38.3 Å². The molecule has 1 heterocycles. The Labute approximate surface area is 136 Å². The second-order valence-electron chi connectivity index (χ2n) is 5.98. The summed E-state index contributed by atoms with van der Waals surface area (Å²) in [6.45, 7) is 4.83. The lowest BCUT2D eigenvalue weighted by Crippen LogP contribution is -2.37. The van der Waals surface area contributed by atoms with Gasteiger partial charge in [-0.2, -0.15) is 0 Å². The SMILES string of the molecule is Brc1cccc(CN(CC2CCNCC2)C2CC2)c1.Cl. The first-order valence-electron chi connectivity index (χ1n) is 7.50. The molecule has 1 aromatic carbocycles. The third-order valence-electron chi connectivity index (χ3n) is 4.29. The molecule has 0 bridgehead atoms. The molecule has 0 atom stereocenters. The Balaban J connectivity index is 0.00000147. The third kappa shape index (κ3) is 4.73. The van der Waals surface area contributed by atoms with Gasteiger partial charge in [-0.15, -0.1) is 12.4 Å². The molecule has 0 amide bonds. The fourth-order valence-corrected chi connectivity index (χ4v) is 3.49. The number of halogens is 2. The summed E-state index contributed by atoms with van der Waals surface area (Å²) in [5.41, 5.74) is 1.44. The maximum atomic E-state index is 3.58. The smallest absolute Gasteiger partial charge is 0.0237 e. The molecule has 1 saturated carbocycles. The van der Waals surface area contributed by atoms with Gasteiger partial charge in [0.1, 0.15) is 0 Å². The van der Waals surface area contributed by atoms with Crippen LogP contribution in [0.1, 0.15) is 31.2 Å². The highest BCUT2D eigenvalue weighted by molar-refractivity contribution is 9.10. The first kappa shape index (κ1) is 16.3. The van der Waals surface area contributed by atoms with Crippen LogP contribution in [-0.2, 0) is 6.54 Å². The van der Waals surface area contributed by atoms with Crippen LogP contribution in [0, 0.1) is 5.92 Å². The van der Waals surface area contributed by atoms with E-state index in [0.717, 1.165) is 18.5 Å². The van der Waals surface area contributed by atoms with E-state index < -0.39 is 0 Å². The van der Waals surface area contributed by atoms with Gasteiger partial charge in [-0.1, -0.05) is 28.1 Å². The Kier molecular flexibility index (Phi) is 6.34. The topological polar surface area (TPSA) is 15.3 Å². The minimum absolute atomic E-state index is 0. The second-order valence-corrected chi connectivity index (χ2v) is 6.90. The molecule has 2 nitrogen and oxygen atoms in total. The van der Waals surface area contributed by atoms with Crippen LogP contribution in [0.2, 0.25) is 0 Å². The van der Waals surface area contributed by atoms with Crippen molar-refractivity contribution in [2.75, 3.05) is 19.6 Å². The van der Waals surface area contributed by atoms with Crippen LogP contribution < -0.4 is 5.32 Å². The van der Waals surface area contributed by atoms with Crippen LogP contribution >= 0.6 is 28.3 Å². The van der Waals surface area contributed by atoms with Crippen molar-refractivity contribution in [1.29, 1.82) is 0 Å². The first-order chi connectivity index (χ1) is 9.31. The number of benzene rings is 1. The van der Waals surface area contributed by atoms with Crippen molar-refractivity contribution < 1.29 is 0 Å². The van der Waals surface area contributed by atoms with E-state index in [-0.39, 0.29) is 12.4 Å². The fraction of sp³-hybridized carbons (Fsp3) is 0.625. The van der Waals surface area contributed by atoms with Gasteiger partial charge >= 0.3 is 0 Å². The molecule has 0 spiro atoms. The van der Waals surface area contributed by atoms with E-state index in [2.05, 4.69) is 50.4 Å². The lowest BCUT2D eigenvalue weighted by atomic mass is 9.97. The van der Waals surface area contributed by atoms with Crippen LogP contribution in [0.4, 0.5) is 0 Å². The van der Waals surface area contributed by atoms with Gasteiger partial charge in [-0.25, -0.2) is 0 Å². The monoisotopic (exact) mass is 358 g/mol. The molecular formula is C16H24BrClN2. The molecule has 4 heteroatoms. The minimum Gasteiger partial charge on any atom is -0.317 e.